The van der Waals surface area contributed by atoms with Crippen molar-refractivity contribution in [3.63, 3.8) is 0 Å². The normalized spacial score (nSPS) is 13.9. The minimum atomic E-state index is -0.432. The van der Waals surface area contributed by atoms with Crippen molar-refractivity contribution in [2.24, 2.45) is 0 Å². The fourth-order valence-corrected chi connectivity index (χ4v) is 3.28. The van der Waals surface area contributed by atoms with E-state index in [1.165, 1.54) is 20.0 Å². The number of urea groups is 1. The fraction of sp³-hybridized carbons (Fsp3) is 0.300. The lowest BCUT2D eigenvalue weighted by Crippen LogP contribution is -2.32. The zero-order valence-corrected chi connectivity index (χ0v) is 15.8. The predicted molar refractivity (Wildman–Crippen MR) is 107 cm³/mol. The molecule has 0 bridgehead atoms. The number of anilines is 2. The number of nitrogens with one attached hydrogen (secondary N) is 3. The van der Waals surface area contributed by atoms with Crippen molar-refractivity contribution in [1.82, 2.24) is 5.32 Å². The Morgan fingerprint density at radius 2 is 1.74 bits per heavy atom. The highest BCUT2D eigenvalue weighted by molar-refractivity contribution is 6.31. The Morgan fingerprint density at radius 1 is 1.04 bits per heavy atom. The molecule has 3 N–H and O–H groups in total. The number of ether oxygens (including phenoxy) is 1. The maximum absolute atomic E-state index is 12.2. The highest BCUT2D eigenvalue weighted by Gasteiger charge is 2.18. The first-order valence-electron chi connectivity index (χ1n) is 8.87. The number of hydrogen-bond acceptors (Lipinski definition) is 3. The number of benzene rings is 2. The molecule has 0 saturated heterocycles. The molecule has 0 aliphatic heterocycles. The maximum Gasteiger partial charge on any atom is 0.323 e. The van der Waals surface area contributed by atoms with Crippen molar-refractivity contribution in [2.75, 3.05) is 17.7 Å². The van der Waals surface area contributed by atoms with Crippen molar-refractivity contribution in [1.29, 1.82) is 0 Å². The molecule has 2 aromatic carbocycles. The van der Waals surface area contributed by atoms with Gasteiger partial charge in [-0.3, -0.25) is 4.79 Å². The molecule has 1 aliphatic rings. The zero-order chi connectivity index (χ0) is 19.2. The van der Waals surface area contributed by atoms with Gasteiger partial charge in [-0.1, -0.05) is 24.4 Å². The van der Waals surface area contributed by atoms with E-state index in [1.54, 1.807) is 42.5 Å². The van der Waals surface area contributed by atoms with Crippen LogP contribution < -0.4 is 20.7 Å². The molecule has 6 nitrogen and oxygen atoms in total. The molecule has 0 aromatic heterocycles. The lowest BCUT2D eigenvalue weighted by atomic mass is 10.1. The largest absolute Gasteiger partial charge is 0.495 e. The molecule has 142 valence electrons. The standard InChI is InChI=1S/C20H22ClN3O3/c1-27-18-11-8-14(21)12-17(18)24-20(26)23-16-9-6-13(7-10-16)19(25)22-15-4-2-3-5-15/h6-12,15H,2-5H2,1H3,(H,22,25)(H2,23,24,26). The third-order valence-electron chi connectivity index (χ3n) is 4.51. The predicted octanol–water partition coefficient (Wildman–Crippen LogP) is 4.67. The van der Waals surface area contributed by atoms with Gasteiger partial charge in [0.25, 0.3) is 5.91 Å². The molecule has 1 fully saturated rings. The quantitative estimate of drug-likeness (QED) is 0.697. The fourth-order valence-electron chi connectivity index (χ4n) is 3.11. The summed E-state index contributed by atoms with van der Waals surface area (Å²) in [6.07, 6.45) is 4.41. The van der Waals surface area contributed by atoms with E-state index in [2.05, 4.69) is 16.0 Å². The summed E-state index contributed by atoms with van der Waals surface area (Å²) in [6, 6.07) is 11.6. The molecule has 1 saturated carbocycles. The summed E-state index contributed by atoms with van der Waals surface area (Å²) in [6.45, 7) is 0. The Labute approximate surface area is 163 Å². The van der Waals surface area contributed by atoms with Crippen LogP contribution in [0.5, 0.6) is 5.75 Å². The smallest absolute Gasteiger partial charge is 0.323 e. The zero-order valence-electron chi connectivity index (χ0n) is 15.0. The number of amides is 3. The van der Waals surface area contributed by atoms with Gasteiger partial charge in [0.1, 0.15) is 5.75 Å². The summed E-state index contributed by atoms with van der Waals surface area (Å²) in [5, 5.41) is 8.95. The van der Waals surface area contributed by atoms with Gasteiger partial charge in [-0.25, -0.2) is 4.79 Å². The lowest BCUT2D eigenvalue weighted by Gasteiger charge is -2.13. The first-order chi connectivity index (χ1) is 13.0. The summed E-state index contributed by atoms with van der Waals surface area (Å²) < 4.78 is 5.20. The van der Waals surface area contributed by atoms with Gasteiger partial charge in [-0.15, -0.1) is 0 Å². The van der Waals surface area contributed by atoms with Gasteiger partial charge in [-0.2, -0.15) is 0 Å². The van der Waals surface area contributed by atoms with E-state index in [1.807, 2.05) is 0 Å². The van der Waals surface area contributed by atoms with Crippen LogP contribution in [0, 0.1) is 0 Å². The molecule has 0 spiro atoms. The van der Waals surface area contributed by atoms with Gasteiger partial charge in [0.2, 0.25) is 0 Å². The van der Waals surface area contributed by atoms with E-state index in [4.69, 9.17) is 16.3 Å². The Balaban J connectivity index is 1.58. The van der Waals surface area contributed by atoms with Crippen LogP contribution >= 0.6 is 11.6 Å². The molecular weight excluding hydrogens is 366 g/mol. The Hall–Kier alpha value is -2.73. The van der Waals surface area contributed by atoms with Crippen LogP contribution in [0.4, 0.5) is 16.2 Å². The Kier molecular flexibility index (Phi) is 6.19. The SMILES string of the molecule is COc1ccc(Cl)cc1NC(=O)Nc1ccc(C(=O)NC2CCCC2)cc1. The van der Waals surface area contributed by atoms with Crippen LogP contribution in [0.3, 0.4) is 0 Å². The highest BCUT2D eigenvalue weighted by Crippen LogP contribution is 2.27. The second-order valence-corrected chi connectivity index (χ2v) is 6.89. The van der Waals surface area contributed by atoms with Crippen molar-refractivity contribution in [3.8, 4) is 5.75 Å². The van der Waals surface area contributed by atoms with E-state index in [0.717, 1.165) is 12.8 Å². The number of carbonyl (C=O) groups excluding carboxylic acids is 2. The second-order valence-electron chi connectivity index (χ2n) is 6.46. The van der Waals surface area contributed by atoms with Crippen LogP contribution in [0.15, 0.2) is 42.5 Å². The van der Waals surface area contributed by atoms with Crippen LogP contribution in [0.25, 0.3) is 0 Å². The summed E-state index contributed by atoms with van der Waals surface area (Å²) in [5.74, 6) is 0.426. The van der Waals surface area contributed by atoms with E-state index in [-0.39, 0.29) is 11.9 Å². The molecule has 0 unspecified atom stereocenters. The molecule has 0 radical (unpaired) electrons. The van der Waals surface area contributed by atoms with Crippen LogP contribution in [-0.2, 0) is 0 Å². The third kappa shape index (κ3) is 5.14. The van der Waals surface area contributed by atoms with E-state index < -0.39 is 6.03 Å². The molecule has 1 aliphatic carbocycles. The van der Waals surface area contributed by atoms with E-state index >= 15 is 0 Å². The van der Waals surface area contributed by atoms with Gasteiger partial charge >= 0.3 is 6.03 Å². The summed E-state index contributed by atoms with van der Waals surface area (Å²) in [4.78, 5) is 24.5. The van der Waals surface area contributed by atoms with Crippen molar-refractivity contribution in [3.05, 3.63) is 53.1 Å². The van der Waals surface area contributed by atoms with E-state index in [9.17, 15) is 9.59 Å². The average Bonchev–Trinajstić information content (AvgIpc) is 3.15. The first kappa shape index (κ1) is 19.0. The molecule has 2 aromatic rings. The highest BCUT2D eigenvalue weighted by atomic mass is 35.5. The molecule has 3 amide bonds. The molecule has 27 heavy (non-hydrogen) atoms. The van der Waals surface area contributed by atoms with E-state index in [0.29, 0.717) is 27.7 Å². The Morgan fingerprint density at radius 3 is 2.41 bits per heavy atom. The van der Waals surface area contributed by atoms with Crippen LogP contribution in [-0.4, -0.2) is 25.1 Å². The summed E-state index contributed by atoms with van der Waals surface area (Å²) in [5.41, 5.74) is 1.62. The average molecular weight is 388 g/mol. The van der Waals surface area contributed by atoms with Gasteiger partial charge in [-0.05, 0) is 55.3 Å². The molecular formula is C20H22ClN3O3. The summed E-state index contributed by atoms with van der Waals surface area (Å²) in [7, 11) is 1.52. The number of methoxy groups -OCH3 is 1. The molecule has 3 rings (SSSR count). The monoisotopic (exact) mass is 387 g/mol. The van der Waals surface area contributed by atoms with Gasteiger partial charge in [0.15, 0.2) is 0 Å². The van der Waals surface area contributed by atoms with Crippen molar-refractivity contribution >= 4 is 34.9 Å². The van der Waals surface area contributed by atoms with Gasteiger partial charge in [0.05, 0.1) is 12.8 Å². The molecule has 0 atom stereocenters. The molecule has 0 heterocycles. The lowest BCUT2D eigenvalue weighted by molar-refractivity contribution is 0.0938. The van der Waals surface area contributed by atoms with Gasteiger partial charge in [0, 0.05) is 22.3 Å². The van der Waals surface area contributed by atoms with Crippen molar-refractivity contribution < 1.29 is 14.3 Å². The van der Waals surface area contributed by atoms with Crippen molar-refractivity contribution in [2.45, 2.75) is 31.7 Å². The number of halogens is 1. The maximum atomic E-state index is 12.2. The van der Waals surface area contributed by atoms with Gasteiger partial charge < -0.3 is 20.7 Å². The second kappa shape index (κ2) is 8.77. The third-order valence-corrected chi connectivity index (χ3v) is 4.74. The Bertz CT molecular complexity index is 818. The number of rotatable bonds is 5. The number of carbonyl (C=O) groups is 2. The van der Waals surface area contributed by atoms with Crippen LogP contribution in [0.2, 0.25) is 5.02 Å². The van der Waals surface area contributed by atoms with Crippen LogP contribution in [0.1, 0.15) is 36.0 Å². The minimum Gasteiger partial charge on any atom is -0.495 e. The first-order valence-corrected chi connectivity index (χ1v) is 9.25. The topological polar surface area (TPSA) is 79.5 Å². The minimum absolute atomic E-state index is 0.0819. The summed E-state index contributed by atoms with van der Waals surface area (Å²) >= 11 is 5.96. The number of hydrogen-bond donors (Lipinski definition) is 3. The molecule has 7 heteroatoms.